The summed E-state index contributed by atoms with van der Waals surface area (Å²) in [6, 6.07) is 6.12. The van der Waals surface area contributed by atoms with Crippen molar-refractivity contribution in [2.75, 3.05) is 25.4 Å². The number of hydrogen-bond acceptors (Lipinski definition) is 3. The number of nitrogens with two attached hydrogens (primary N) is 1. The van der Waals surface area contributed by atoms with Gasteiger partial charge in [0.15, 0.2) is 0 Å². The Morgan fingerprint density at radius 2 is 2.11 bits per heavy atom. The second-order valence-electron chi connectivity index (χ2n) is 5.25. The SMILES string of the molecule is Cc1ccc(N)cc1CCN1CCC(C=O)CC1. The normalized spacial score (nSPS) is 17.8. The highest BCUT2D eigenvalue weighted by Gasteiger charge is 2.18. The van der Waals surface area contributed by atoms with E-state index >= 15 is 0 Å². The lowest BCUT2D eigenvalue weighted by Gasteiger charge is -2.29. The molecule has 1 aromatic carbocycles. The minimum atomic E-state index is 0.287. The summed E-state index contributed by atoms with van der Waals surface area (Å²) in [5.74, 6) is 0.287. The molecule has 0 radical (unpaired) electrons. The predicted molar refractivity (Wildman–Crippen MR) is 74.5 cm³/mol. The highest BCUT2D eigenvalue weighted by atomic mass is 16.1. The molecule has 1 aliphatic rings. The average molecular weight is 246 g/mol. The zero-order valence-electron chi connectivity index (χ0n) is 11.1. The lowest BCUT2D eigenvalue weighted by molar-refractivity contribution is -0.112. The molecule has 18 heavy (non-hydrogen) atoms. The fourth-order valence-corrected chi connectivity index (χ4v) is 2.55. The number of carbonyl (C=O) groups excluding carboxylic acids is 1. The molecule has 2 rings (SSSR count). The van der Waals surface area contributed by atoms with Gasteiger partial charge in [-0.3, -0.25) is 0 Å². The first-order chi connectivity index (χ1) is 8.69. The molecule has 0 unspecified atom stereocenters. The van der Waals surface area contributed by atoms with Gasteiger partial charge in [-0.2, -0.15) is 0 Å². The fourth-order valence-electron chi connectivity index (χ4n) is 2.55. The summed E-state index contributed by atoms with van der Waals surface area (Å²) in [6.45, 7) is 5.29. The Balaban J connectivity index is 1.85. The van der Waals surface area contributed by atoms with Crippen LogP contribution >= 0.6 is 0 Å². The first kappa shape index (κ1) is 13.1. The van der Waals surface area contributed by atoms with E-state index < -0.39 is 0 Å². The Morgan fingerprint density at radius 1 is 1.39 bits per heavy atom. The van der Waals surface area contributed by atoms with E-state index in [1.165, 1.54) is 11.1 Å². The zero-order valence-corrected chi connectivity index (χ0v) is 11.1. The van der Waals surface area contributed by atoms with Crippen LogP contribution in [-0.2, 0) is 11.2 Å². The van der Waals surface area contributed by atoms with E-state index in [1.807, 2.05) is 6.07 Å². The first-order valence-corrected chi connectivity index (χ1v) is 6.71. The zero-order chi connectivity index (χ0) is 13.0. The van der Waals surface area contributed by atoms with Crippen molar-refractivity contribution in [3.63, 3.8) is 0 Å². The van der Waals surface area contributed by atoms with Crippen molar-refractivity contribution in [2.24, 2.45) is 5.92 Å². The van der Waals surface area contributed by atoms with Crippen LogP contribution in [0.4, 0.5) is 5.69 Å². The van der Waals surface area contributed by atoms with Gasteiger partial charge in [0.25, 0.3) is 0 Å². The standard InChI is InChI=1S/C15H22N2O/c1-12-2-3-15(16)10-14(12)6-9-17-7-4-13(11-18)5-8-17/h2-3,10-11,13H,4-9,16H2,1H3. The summed E-state index contributed by atoms with van der Waals surface area (Å²) in [4.78, 5) is 13.1. The number of piperidine rings is 1. The van der Waals surface area contributed by atoms with Gasteiger partial charge in [0, 0.05) is 18.2 Å². The number of rotatable bonds is 4. The van der Waals surface area contributed by atoms with E-state index in [2.05, 4.69) is 24.0 Å². The van der Waals surface area contributed by atoms with Crippen LogP contribution in [-0.4, -0.2) is 30.8 Å². The molecule has 1 aliphatic heterocycles. The summed E-state index contributed by atoms with van der Waals surface area (Å²) in [6.07, 6.45) is 4.18. The molecule has 0 atom stereocenters. The molecule has 2 N–H and O–H groups in total. The molecule has 0 spiro atoms. The highest BCUT2D eigenvalue weighted by molar-refractivity contribution is 5.53. The molecule has 3 nitrogen and oxygen atoms in total. The third-order valence-corrected chi connectivity index (χ3v) is 3.90. The Hall–Kier alpha value is -1.35. The van der Waals surface area contributed by atoms with Gasteiger partial charge < -0.3 is 15.4 Å². The molecule has 0 bridgehead atoms. The van der Waals surface area contributed by atoms with Gasteiger partial charge in [0.05, 0.1) is 0 Å². The minimum absolute atomic E-state index is 0.287. The predicted octanol–water partition coefficient (Wildman–Crippen LogP) is 2.03. The summed E-state index contributed by atoms with van der Waals surface area (Å²) in [5, 5.41) is 0. The maximum absolute atomic E-state index is 10.7. The number of nitrogens with zero attached hydrogens (tertiary/aromatic N) is 1. The lowest BCUT2D eigenvalue weighted by Crippen LogP contribution is -2.35. The molecule has 0 amide bonds. The van der Waals surface area contributed by atoms with Crippen LogP contribution in [0.1, 0.15) is 24.0 Å². The van der Waals surface area contributed by atoms with Crippen molar-refractivity contribution in [3.05, 3.63) is 29.3 Å². The van der Waals surface area contributed by atoms with Gasteiger partial charge in [0.1, 0.15) is 6.29 Å². The second kappa shape index (κ2) is 6.01. The number of hydrogen-bond donors (Lipinski definition) is 1. The van der Waals surface area contributed by atoms with Gasteiger partial charge in [-0.25, -0.2) is 0 Å². The molecule has 0 aromatic heterocycles. The molecule has 1 saturated heterocycles. The van der Waals surface area contributed by atoms with E-state index in [0.29, 0.717) is 0 Å². The molecular weight excluding hydrogens is 224 g/mol. The quantitative estimate of drug-likeness (QED) is 0.653. The van der Waals surface area contributed by atoms with Gasteiger partial charge in [0.2, 0.25) is 0 Å². The smallest absolute Gasteiger partial charge is 0.123 e. The number of anilines is 1. The largest absolute Gasteiger partial charge is 0.399 e. The van der Waals surface area contributed by atoms with Crippen molar-refractivity contribution >= 4 is 12.0 Å². The summed E-state index contributed by atoms with van der Waals surface area (Å²) in [5.41, 5.74) is 9.32. The van der Waals surface area contributed by atoms with Gasteiger partial charge in [-0.05, 0) is 62.5 Å². The Bertz CT molecular complexity index is 409. The fraction of sp³-hybridized carbons (Fsp3) is 0.533. The van der Waals surface area contributed by atoms with Gasteiger partial charge >= 0.3 is 0 Å². The maximum Gasteiger partial charge on any atom is 0.123 e. The second-order valence-corrected chi connectivity index (χ2v) is 5.25. The molecule has 1 heterocycles. The average Bonchev–Trinajstić information content (AvgIpc) is 2.40. The van der Waals surface area contributed by atoms with Crippen molar-refractivity contribution in [1.82, 2.24) is 4.90 Å². The van der Waals surface area contributed by atoms with E-state index in [1.54, 1.807) is 0 Å². The summed E-state index contributed by atoms with van der Waals surface area (Å²) in [7, 11) is 0. The van der Waals surface area contributed by atoms with Crippen molar-refractivity contribution in [1.29, 1.82) is 0 Å². The Kier molecular flexibility index (Phi) is 4.37. The Morgan fingerprint density at radius 3 is 2.78 bits per heavy atom. The van der Waals surface area contributed by atoms with Crippen LogP contribution in [0.5, 0.6) is 0 Å². The van der Waals surface area contributed by atoms with E-state index in [0.717, 1.165) is 50.9 Å². The number of nitrogen functional groups attached to an aromatic ring is 1. The van der Waals surface area contributed by atoms with Crippen LogP contribution in [0, 0.1) is 12.8 Å². The van der Waals surface area contributed by atoms with Crippen molar-refractivity contribution in [2.45, 2.75) is 26.2 Å². The van der Waals surface area contributed by atoms with E-state index in [9.17, 15) is 4.79 Å². The molecule has 0 saturated carbocycles. The number of likely N-dealkylation sites (tertiary alicyclic amines) is 1. The van der Waals surface area contributed by atoms with Crippen LogP contribution in [0.3, 0.4) is 0 Å². The van der Waals surface area contributed by atoms with Crippen LogP contribution in [0.15, 0.2) is 18.2 Å². The lowest BCUT2D eigenvalue weighted by atomic mass is 9.98. The molecule has 1 fully saturated rings. The highest BCUT2D eigenvalue weighted by Crippen LogP contribution is 2.17. The number of benzene rings is 1. The number of aldehydes is 1. The van der Waals surface area contributed by atoms with Crippen molar-refractivity contribution < 1.29 is 4.79 Å². The summed E-state index contributed by atoms with van der Waals surface area (Å²) >= 11 is 0. The van der Waals surface area contributed by atoms with Gasteiger partial charge in [-0.1, -0.05) is 6.07 Å². The molecule has 3 heteroatoms. The molecule has 0 aliphatic carbocycles. The van der Waals surface area contributed by atoms with E-state index in [4.69, 9.17) is 5.73 Å². The maximum atomic E-state index is 10.7. The third kappa shape index (κ3) is 3.33. The topological polar surface area (TPSA) is 46.3 Å². The molecule has 98 valence electrons. The number of carbonyl (C=O) groups is 1. The monoisotopic (exact) mass is 246 g/mol. The summed E-state index contributed by atoms with van der Waals surface area (Å²) < 4.78 is 0. The number of aryl methyl sites for hydroxylation is 1. The van der Waals surface area contributed by atoms with Crippen LogP contribution < -0.4 is 5.73 Å². The van der Waals surface area contributed by atoms with Crippen LogP contribution in [0.25, 0.3) is 0 Å². The minimum Gasteiger partial charge on any atom is -0.399 e. The Labute approximate surface area is 109 Å². The van der Waals surface area contributed by atoms with E-state index in [-0.39, 0.29) is 5.92 Å². The molecule has 1 aromatic rings. The first-order valence-electron chi connectivity index (χ1n) is 6.71. The third-order valence-electron chi connectivity index (χ3n) is 3.90. The van der Waals surface area contributed by atoms with Gasteiger partial charge in [-0.15, -0.1) is 0 Å². The van der Waals surface area contributed by atoms with Crippen molar-refractivity contribution in [3.8, 4) is 0 Å². The molecular formula is C15H22N2O. The van der Waals surface area contributed by atoms with Crippen LogP contribution in [0.2, 0.25) is 0 Å².